The predicted octanol–water partition coefficient (Wildman–Crippen LogP) is 1.96. The Morgan fingerprint density at radius 2 is 1.77 bits per heavy atom. The monoisotopic (exact) mass is 419 g/mol. The van der Waals surface area contributed by atoms with Crippen molar-refractivity contribution in [3.63, 3.8) is 0 Å². The maximum atomic E-state index is 13.8. The number of methoxy groups -OCH3 is 2. The molecule has 0 aliphatic carbocycles. The molecule has 8 nitrogen and oxygen atoms in total. The van der Waals surface area contributed by atoms with Gasteiger partial charge in [-0.3, -0.25) is 9.59 Å². The molecule has 0 radical (unpaired) electrons. The van der Waals surface area contributed by atoms with Gasteiger partial charge in [-0.25, -0.2) is 4.39 Å². The van der Waals surface area contributed by atoms with Crippen LogP contribution in [-0.4, -0.2) is 52.8 Å². The number of rotatable bonds is 11. The number of nitrogens with zero attached hydrogens (tertiary/aromatic N) is 1. The first-order valence-corrected chi connectivity index (χ1v) is 9.28. The van der Waals surface area contributed by atoms with E-state index in [9.17, 15) is 14.0 Å². The highest BCUT2D eigenvalue weighted by atomic mass is 19.1. The number of anilines is 1. The van der Waals surface area contributed by atoms with Crippen LogP contribution in [0.3, 0.4) is 0 Å². The average Bonchev–Trinajstić information content (AvgIpc) is 2.74. The lowest BCUT2D eigenvalue weighted by Crippen LogP contribution is -2.28. The highest BCUT2D eigenvalue weighted by Gasteiger charge is 2.18. The highest BCUT2D eigenvalue weighted by Crippen LogP contribution is 2.38. The number of nitrogens with two attached hydrogens (primary N) is 1. The van der Waals surface area contributed by atoms with Crippen molar-refractivity contribution in [2.24, 2.45) is 5.73 Å². The molecule has 0 spiro atoms. The number of para-hydroxylation sites is 1. The summed E-state index contributed by atoms with van der Waals surface area (Å²) in [4.78, 5) is 25.3. The zero-order valence-electron chi connectivity index (χ0n) is 17.2. The summed E-state index contributed by atoms with van der Waals surface area (Å²) in [6.45, 7) is 0.601. The van der Waals surface area contributed by atoms with Crippen LogP contribution in [0.5, 0.6) is 17.2 Å². The van der Waals surface area contributed by atoms with Crippen LogP contribution in [0.15, 0.2) is 36.4 Å². The van der Waals surface area contributed by atoms with Gasteiger partial charge in [0.1, 0.15) is 5.82 Å². The molecule has 0 unspecified atom stereocenters. The lowest BCUT2D eigenvalue weighted by atomic mass is 10.1. The summed E-state index contributed by atoms with van der Waals surface area (Å²) >= 11 is 0. The van der Waals surface area contributed by atoms with E-state index in [0.717, 1.165) is 0 Å². The Morgan fingerprint density at radius 1 is 1.13 bits per heavy atom. The molecule has 2 rings (SSSR count). The van der Waals surface area contributed by atoms with E-state index >= 15 is 0 Å². The fourth-order valence-corrected chi connectivity index (χ4v) is 2.80. The maximum Gasteiger partial charge on any atom is 0.255 e. The number of primary amides is 1. The Bertz CT molecular complexity index is 866. The second kappa shape index (κ2) is 10.9. The first-order chi connectivity index (χ1) is 14.4. The minimum absolute atomic E-state index is 0.182. The van der Waals surface area contributed by atoms with Crippen LogP contribution in [0.2, 0.25) is 0 Å². The van der Waals surface area contributed by atoms with Crippen molar-refractivity contribution in [2.75, 3.05) is 45.9 Å². The zero-order valence-corrected chi connectivity index (χ0v) is 17.2. The number of carbonyl (C=O) groups excluding carboxylic acids is 2. The van der Waals surface area contributed by atoms with E-state index in [1.807, 2.05) is 0 Å². The van der Waals surface area contributed by atoms with Gasteiger partial charge in [0.15, 0.2) is 18.1 Å². The molecule has 162 valence electrons. The fraction of sp³-hybridized carbons (Fsp3) is 0.333. The number of ether oxygens (including phenoxy) is 3. The molecule has 2 amide bonds. The molecule has 0 aromatic heterocycles. The minimum atomic E-state index is -0.652. The van der Waals surface area contributed by atoms with Gasteiger partial charge in [-0.1, -0.05) is 12.1 Å². The van der Waals surface area contributed by atoms with Crippen LogP contribution in [-0.2, 0) is 4.79 Å². The molecule has 3 N–H and O–H groups in total. The third-order valence-corrected chi connectivity index (χ3v) is 4.30. The number of amides is 2. The maximum absolute atomic E-state index is 13.8. The lowest BCUT2D eigenvalue weighted by Gasteiger charge is -2.20. The molecule has 0 heterocycles. The Kier molecular flexibility index (Phi) is 8.28. The van der Waals surface area contributed by atoms with Crippen molar-refractivity contribution in [3.8, 4) is 17.2 Å². The molecule has 0 bridgehead atoms. The van der Waals surface area contributed by atoms with Crippen LogP contribution in [0.25, 0.3) is 0 Å². The van der Waals surface area contributed by atoms with Gasteiger partial charge in [0.05, 0.1) is 19.9 Å². The number of benzene rings is 2. The fourth-order valence-electron chi connectivity index (χ4n) is 2.80. The molecule has 9 heteroatoms. The molecular formula is C21H26FN3O5. The molecule has 0 atom stereocenters. The van der Waals surface area contributed by atoms with Gasteiger partial charge in [0.2, 0.25) is 5.75 Å². The largest absolute Gasteiger partial charge is 0.493 e. The third kappa shape index (κ3) is 6.00. The summed E-state index contributed by atoms with van der Waals surface area (Å²) in [5.41, 5.74) is 5.91. The first kappa shape index (κ1) is 22.8. The van der Waals surface area contributed by atoms with Crippen LogP contribution in [0.1, 0.15) is 16.8 Å². The smallest absolute Gasteiger partial charge is 0.255 e. The molecule has 0 saturated heterocycles. The Hall–Kier alpha value is -3.49. The Balaban J connectivity index is 1.97. The van der Waals surface area contributed by atoms with Crippen molar-refractivity contribution in [1.82, 2.24) is 5.32 Å². The Labute approximate surface area is 174 Å². The van der Waals surface area contributed by atoms with Crippen LogP contribution < -0.4 is 30.2 Å². The second-order valence-electron chi connectivity index (χ2n) is 6.45. The van der Waals surface area contributed by atoms with Crippen molar-refractivity contribution in [3.05, 3.63) is 47.8 Å². The molecule has 2 aromatic carbocycles. The van der Waals surface area contributed by atoms with E-state index in [1.54, 1.807) is 30.1 Å². The van der Waals surface area contributed by atoms with Crippen molar-refractivity contribution in [2.45, 2.75) is 6.42 Å². The van der Waals surface area contributed by atoms with Gasteiger partial charge in [-0.2, -0.15) is 0 Å². The van der Waals surface area contributed by atoms with Gasteiger partial charge in [0, 0.05) is 25.7 Å². The number of carbonyl (C=O) groups is 2. The van der Waals surface area contributed by atoms with Gasteiger partial charge in [0.25, 0.3) is 11.8 Å². The third-order valence-electron chi connectivity index (χ3n) is 4.30. The lowest BCUT2D eigenvalue weighted by molar-refractivity contribution is -0.120. The standard InChI is InChI=1S/C21H26FN3O5/c1-25(16-8-5-4-7-15(16)22)10-6-9-24-21(27)14-11-17(28-2)20(18(12-14)29-3)30-13-19(23)26/h4-5,7-8,11-12H,6,9-10,13H2,1-3H3,(H2,23,26)(H,24,27). The second-order valence-corrected chi connectivity index (χ2v) is 6.45. The highest BCUT2D eigenvalue weighted by molar-refractivity contribution is 5.95. The molecular weight excluding hydrogens is 393 g/mol. The number of nitrogens with one attached hydrogen (secondary N) is 1. The van der Waals surface area contributed by atoms with E-state index in [1.165, 1.54) is 32.4 Å². The molecule has 2 aromatic rings. The molecule has 0 fully saturated rings. The number of hydrogen-bond acceptors (Lipinski definition) is 6. The summed E-state index contributed by atoms with van der Waals surface area (Å²) < 4.78 is 29.6. The molecule has 0 aliphatic heterocycles. The molecule has 0 aliphatic rings. The van der Waals surface area contributed by atoms with Crippen LogP contribution in [0.4, 0.5) is 10.1 Å². The summed E-state index contributed by atoms with van der Waals surface area (Å²) in [5.74, 6) is -0.619. The predicted molar refractivity (Wildman–Crippen MR) is 111 cm³/mol. The number of hydrogen-bond donors (Lipinski definition) is 2. The van der Waals surface area contributed by atoms with Gasteiger partial charge < -0.3 is 30.2 Å². The van der Waals surface area contributed by atoms with E-state index in [2.05, 4.69) is 5.32 Å². The number of halogens is 1. The van der Waals surface area contributed by atoms with E-state index in [4.69, 9.17) is 19.9 Å². The summed E-state index contributed by atoms with van der Waals surface area (Å²) in [6.07, 6.45) is 0.616. The summed E-state index contributed by atoms with van der Waals surface area (Å²) in [7, 11) is 4.61. The normalized spacial score (nSPS) is 10.3. The van der Waals surface area contributed by atoms with Gasteiger partial charge in [-0.05, 0) is 30.7 Å². The quantitative estimate of drug-likeness (QED) is 0.540. The van der Waals surface area contributed by atoms with Crippen molar-refractivity contribution in [1.29, 1.82) is 0 Å². The minimum Gasteiger partial charge on any atom is -0.493 e. The van der Waals surface area contributed by atoms with E-state index < -0.39 is 5.91 Å². The van der Waals surface area contributed by atoms with Crippen LogP contribution >= 0.6 is 0 Å². The first-order valence-electron chi connectivity index (χ1n) is 9.28. The zero-order chi connectivity index (χ0) is 22.1. The SMILES string of the molecule is COc1cc(C(=O)NCCCN(C)c2ccccc2F)cc(OC)c1OCC(N)=O. The van der Waals surface area contributed by atoms with Crippen molar-refractivity contribution < 1.29 is 28.2 Å². The Morgan fingerprint density at radius 3 is 2.33 bits per heavy atom. The summed E-state index contributed by atoms with van der Waals surface area (Å²) in [6, 6.07) is 9.49. The van der Waals surface area contributed by atoms with E-state index in [-0.39, 0.29) is 35.6 Å². The average molecular weight is 419 g/mol. The van der Waals surface area contributed by atoms with Gasteiger partial charge >= 0.3 is 0 Å². The van der Waals surface area contributed by atoms with Crippen molar-refractivity contribution >= 4 is 17.5 Å². The molecule has 0 saturated carbocycles. The summed E-state index contributed by atoms with van der Waals surface area (Å²) in [5, 5.41) is 2.81. The van der Waals surface area contributed by atoms with Crippen LogP contribution in [0, 0.1) is 5.82 Å². The topological polar surface area (TPSA) is 103 Å². The molecule has 30 heavy (non-hydrogen) atoms. The van der Waals surface area contributed by atoms with E-state index in [0.29, 0.717) is 30.8 Å². The van der Waals surface area contributed by atoms with Gasteiger partial charge in [-0.15, -0.1) is 0 Å².